The van der Waals surface area contributed by atoms with Gasteiger partial charge in [-0.2, -0.15) is 0 Å². The molecule has 2 heterocycles. The van der Waals surface area contributed by atoms with Crippen molar-refractivity contribution in [3.63, 3.8) is 0 Å². The highest BCUT2D eigenvalue weighted by molar-refractivity contribution is 6.36. The number of fused-ring (bicyclic) bond motifs is 3. The molecule has 3 aromatic rings. The van der Waals surface area contributed by atoms with Gasteiger partial charge in [0.25, 0.3) is 5.92 Å². The third kappa shape index (κ3) is 3.64. The third-order valence-corrected chi connectivity index (χ3v) is 5.90. The zero-order valence-electron chi connectivity index (χ0n) is 16.3. The van der Waals surface area contributed by atoms with Crippen LogP contribution in [0.15, 0.2) is 36.4 Å². The molecule has 0 aliphatic carbocycles. The van der Waals surface area contributed by atoms with Crippen LogP contribution in [-0.2, 0) is 6.54 Å². The second-order valence-corrected chi connectivity index (χ2v) is 8.01. The van der Waals surface area contributed by atoms with E-state index in [2.05, 4.69) is 18.7 Å². The molecular formula is C21H22Cl2F2N4. The van der Waals surface area contributed by atoms with Gasteiger partial charge in [0.15, 0.2) is 0 Å². The summed E-state index contributed by atoms with van der Waals surface area (Å²) in [6, 6.07) is 10.8. The van der Waals surface area contributed by atoms with E-state index in [0.717, 1.165) is 24.3 Å². The average Bonchev–Trinajstić information content (AvgIpc) is 2.96. The van der Waals surface area contributed by atoms with Crippen molar-refractivity contribution in [3.8, 4) is 0 Å². The van der Waals surface area contributed by atoms with Crippen LogP contribution in [0.25, 0.3) is 11.0 Å². The maximum absolute atomic E-state index is 14.8. The van der Waals surface area contributed by atoms with Crippen molar-refractivity contribution in [3.05, 3.63) is 46.4 Å². The Kier molecular flexibility index (Phi) is 5.34. The molecule has 0 N–H and O–H groups in total. The number of rotatable bonds is 4. The highest BCUT2D eigenvalue weighted by Crippen LogP contribution is 2.41. The third-order valence-electron chi connectivity index (χ3n) is 5.36. The normalized spacial score (nSPS) is 16.0. The van der Waals surface area contributed by atoms with Crippen LogP contribution >= 0.6 is 23.2 Å². The summed E-state index contributed by atoms with van der Waals surface area (Å²) in [7, 11) is 0. The van der Waals surface area contributed by atoms with Crippen molar-refractivity contribution in [2.75, 3.05) is 29.4 Å². The number of halogens is 4. The first-order chi connectivity index (χ1) is 13.8. The fourth-order valence-electron chi connectivity index (χ4n) is 3.94. The number of aromatic nitrogens is 2. The number of hydrogen-bond donors (Lipinski definition) is 0. The molecule has 0 bridgehead atoms. The summed E-state index contributed by atoms with van der Waals surface area (Å²) in [4.78, 5) is 8.67. The molecule has 1 aromatic heterocycles. The zero-order chi connectivity index (χ0) is 20.8. The fraction of sp³-hybridized carbons (Fsp3) is 0.381. The summed E-state index contributed by atoms with van der Waals surface area (Å²) in [6.07, 6.45) is -0.287. The van der Waals surface area contributed by atoms with E-state index in [1.54, 1.807) is 27.7 Å². The van der Waals surface area contributed by atoms with Crippen LogP contribution in [0.2, 0.25) is 10.0 Å². The molecular weight excluding hydrogens is 417 g/mol. The first kappa shape index (κ1) is 20.2. The van der Waals surface area contributed by atoms with E-state index in [9.17, 15) is 8.78 Å². The largest absolute Gasteiger partial charge is 0.370 e. The van der Waals surface area contributed by atoms with Crippen molar-refractivity contribution < 1.29 is 8.78 Å². The molecule has 4 nitrogen and oxygen atoms in total. The molecule has 0 unspecified atom stereocenters. The predicted molar refractivity (Wildman–Crippen MR) is 116 cm³/mol. The Balaban J connectivity index is 1.97. The maximum Gasteiger partial charge on any atom is 0.267 e. The summed E-state index contributed by atoms with van der Waals surface area (Å²) in [5.74, 6) is -2.38. The van der Waals surface area contributed by atoms with E-state index >= 15 is 0 Å². The van der Waals surface area contributed by atoms with Crippen LogP contribution in [0, 0.1) is 0 Å². The zero-order valence-corrected chi connectivity index (χ0v) is 17.8. The van der Waals surface area contributed by atoms with E-state index in [0.29, 0.717) is 27.2 Å². The Bertz CT molecular complexity index is 1050. The van der Waals surface area contributed by atoms with Crippen molar-refractivity contribution in [1.82, 2.24) is 9.55 Å². The van der Waals surface area contributed by atoms with Gasteiger partial charge in [0.1, 0.15) is 0 Å². The number of benzene rings is 2. The van der Waals surface area contributed by atoms with Crippen LogP contribution in [0.5, 0.6) is 0 Å². The molecule has 4 rings (SSSR count). The molecule has 1 aliphatic heterocycles. The molecule has 8 heteroatoms. The number of alkyl halides is 2. The summed E-state index contributed by atoms with van der Waals surface area (Å²) >= 11 is 12.5. The lowest BCUT2D eigenvalue weighted by molar-refractivity contribution is -0.0175. The van der Waals surface area contributed by atoms with Gasteiger partial charge in [-0.3, -0.25) is 0 Å². The Morgan fingerprint density at radius 1 is 1.14 bits per heavy atom. The Morgan fingerprint density at radius 2 is 1.90 bits per heavy atom. The lowest BCUT2D eigenvalue weighted by Gasteiger charge is -2.24. The number of hydrogen-bond acceptors (Lipinski definition) is 3. The summed E-state index contributed by atoms with van der Waals surface area (Å²) < 4.78 is 31.2. The van der Waals surface area contributed by atoms with Crippen LogP contribution in [-0.4, -0.2) is 35.1 Å². The van der Waals surface area contributed by atoms with E-state index < -0.39 is 12.5 Å². The van der Waals surface area contributed by atoms with Crippen LogP contribution in [0.3, 0.4) is 0 Å². The molecule has 0 amide bonds. The smallest absolute Gasteiger partial charge is 0.267 e. The van der Waals surface area contributed by atoms with Gasteiger partial charge in [-0.05, 0) is 44.2 Å². The van der Waals surface area contributed by atoms with Crippen molar-refractivity contribution in [2.45, 2.75) is 32.7 Å². The minimum atomic E-state index is -2.85. The topological polar surface area (TPSA) is 24.3 Å². The lowest BCUT2D eigenvalue weighted by Crippen LogP contribution is -2.25. The minimum absolute atomic E-state index is 0.109. The van der Waals surface area contributed by atoms with Gasteiger partial charge in [-0.1, -0.05) is 29.3 Å². The van der Waals surface area contributed by atoms with Crippen LogP contribution in [0.4, 0.5) is 26.1 Å². The summed E-state index contributed by atoms with van der Waals surface area (Å²) in [6.45, 7) is 5.35. The van der Waals surface area contributed by atoms with Gasteiger partial charge in [0.2, 0.25) is 5.95 Å². The summed E-state index contributed by atoms with van der Waals surface area (Å²) in [5, 5.41) is 0.904. The quantitative estimate of drug-likeness (QED) is 0.473. The second-order valence-electron chi connectivity index (χ2n) is 7.17. The molecule has 0 atom stereocenters. The standard InChI is InChI=1S/C21H22Cl2F2N4/c1-3-27(4-2)18-7-5-6-16-19(18)29-13-21(24,25)10-11-28(20(29)26-16)17-9-8-14(22)12-15(17)23/h5-9,12H,3-4,10-11,13H2,1-2H3. The predicted octanol–water partition coefficient (Wildman–Crippen LogP) is 6.37. The van der Waals surface area contributed by atoms with Gasteiger partial charge in [0.05, 0.1) is 34.0 Å². The fourth-order valence-corrected chi connectivity index (χ4v) is 4.45. The first-order valence-electron chi connectivity index (χ1n) is 9.69. The molecule has 0 saturated carbocycles. The second kappa shape index (κ2) is 7.65. The first-order valence-corrected chi connectivity index (χ1v) is 10.4. The molecule has 0 radical (unpaired) electrons. The van der Waals surface area contributed by atoms with Crippen molar-refractivity contribution in [2.24, 2.45) is 0 Å². The van der Waals surface area contributed by atoms with Gasteiger partial charge < -0.3 is 14.4 Å². The Labute approximate surface area is 178 Å². The van der Waals surface area contributed by atoms with Crippen molar-refractivity contribution in [1.29, 1.82) is 0 Å². The van der Waals surface area contributed by atoms with Gasteiger partial charge >= 0.3 is 0 Å². The molecule has 0 spiro atoms. The van der Waals surface area contributed by atoms with Crippen LogP contribution in [0.1, 0.15) is 20.3 Å². The molecule has 0 fully saturated rings. The number of anilines is 3. The minimum Gasteiger partial charge on any atom is -0.370 e. The number of para-hydroxylation sites is 1. The van der Waals surface area contributed by atoms with Crippen molar-refractivity contribution >= 4 is 51.6 Å². The monoisotopic (exact) mass is 438 g/mol. The average molecular weight is 439 g/mol. The van der Waals surface area contributed by atoms with Gasteiger partial charge in [0, 0.05) is 31.1 Å². The van der Waals surface area contributed by atoms with Crippen LogP contribution < -0.4 is 9.80 Å². The summed E-state index contributed by atoms with van der Waals surface area (Å²) in [5.41, 5.74) is 2.95. The molecule has 2 aromatic carbocycles. The van der Waals surface area contributed by atoms with E-state index in [1.165, 1.54) is 0 Å². The highest BCUT2D eigenvalue weighted by Gasteiger charge is 2.37. The lowest BCUT2D eigenvalue weighted by atomic mass is 10.2. The molecule has 154 valence electrons. The van der Waals surface area contributed by atoms with E-state index in [4.69, 9.17) is 28.2 Å². The van der Waals surface area contributed by atoms with Gasteiger partial charge in [-0.25, -0.2) is 13.8 Å². The SMILES string of the molecule is CCN(CC)c1cccc2nc3n(c12)CC(F)(F)CCN3c1ccc(Cl)cc1Cl. The Morgan fingerprint density at radius 3 is 2.59 bits per heavy atom. The van der Waals surface area contributed by atoms with Gasteiger partial charge in [-0.15, -0.1) is 0 Å². The molecule has 1 aliphatic rings. The number of nitrogens with zero attached hydrogens (tertiary/aromatic N) is 4. The van der Waals surface area contributed by atoms with E-state index in [1.807, 2.05) is 18.2 Å². The Hall–Kier alpha value is -2.05. The molecule has 0 saturated heterocycles. The van der Waals surface area contributed by atoms with E-state index in [-0.39, 0.29) is 13.0 Å². The number of imidazole rings is 1. The maximum atomic E-state index is 14.8. The highest BCUT2D eigenvalue weighted by atomic mass is 35.5. The molecule has 29 heavy (non-hydrogen) atoms.